The van der Waals surface area contributed by atoms with Gasteiger partial charge in [-0.3, -0.25) is 4.79 Å². The van der Waals surface area contributed by atoms with Crippen LogP contribution in [0.3, 0.4) is 0 Å². The summed E-state index contributed by atoms with van der Waals surface area (Å²) in [4.78, 5) is 15.4. The molecular formula is C24H30N2O3S. The highest BCUT2D eigenvalue weighted by atomic mass is 32.2. The molecular weight excluding hydrogens is 396 g/mol. The predicted molar refractivity (Wildman–Crippen MR) is 117 cm³/mol. The highest BCUT2D eigenvalue weighted by Gasteiger charge is 2.51. The van der Waals surface area contributed by atoms with Gasteiger partial charge in [-0.25, -0.2) is 13.1 Å². The molecule has 4 rings (SSSR count). The molecule has 5 nitrogen and oxygen atoms in total. The molecule has 2 aromatic carbocycles. The quantitative estimate of drug-likeness (QED) is 0.779. The van der Waals surface area contributed by atoms with Crippen LogP contribution in [0.1, 0.15) is 56.0 Å². The molecule has 0 radical (unpaired) electrons. The van der Waals surface area contributed by atoms with Crippen molar-refractivity contribution in [2.24, 2.45) is 10.8 Å². The SMILES string of the molecule is CC1(C)C[C@@H]2C[C@@](C)(CN2C(=O)c2cccc(S(=O)(=O)NCc3ccccc3)c2)C1. The first kappa shape index (κ1) is 21.1. The van der Waals surface area contributed by atoms with E-state index < -0.39 is 10.0 Å². The Hall–Kier alpha value is -2.18. The Bertz CT molecular complexity index is 1050. The van der Waals surface area contributed by atoms with Crippen molar-refractivity contribution in [3.05, 3.63) is 65.7 Å². The molecule has 0 spiro atoms. The first-order valence-corrected chi connectivity index (χ1v) is 12.0. The van der Waals surface area contributed by atoms with Gasteiger partial charge in [-0.2, -0.15) is 0 Å². The van der Waals surface area contributed by atoms with E-state index in [4.69, 9.17) is 0 Å². The van der Waals surface area contributed by atoms with E-state index in [0.717, 1.165) is 31.4 Å². The van der Waals surface area contributed by atoms with Crippen LogP contribution in [0.25, 0.3) is 0 Å². The highest BCUT2D eigenvalue weighted by Crippen LogP contribution is 2.52. The fourth-order valence-electron chi connectivity index (χ4n) is 5.52. The molecule has 2 fully saturated rings. The van der Waals surface area contributed by atoms with Crippen LogP contribution >= 0.6 is 0 Å². The van der Waals surface area contributed by atoms with Gasteiger partial charge in [0.25, 0.3) is 5.91 Å². The van der Waals surface area contributed by atoms with Crippen LogP contribution in [-0.4, -0.2) is 31.8 Å². The molecule has 160 valence electrons. The summed E-state index contributed by atoms with van der Waals surface area (Å²) in [6, 6.07) is 16.0. The van der Waals surface area contributed by atoms with Gasteiger partial charge >= 0.3 is 0 Å². The second-order valence-corrected chi connectivity index (χ2v) is 11.8. The predicted octanol–water partition coefficient (Wildman–Crippen LogP) is 4.21. The van der Waals surface area contributed by atoms with Crippen LogP contribution < -0.4 is 4.72 Å². The topological polar surface area (TPSA) is 66.5 Å². The first-order valence-electron chi connectivity index (χ1n) is 10.5. The van der Waals surface area contributed by atoms with Crippen molar-refractivity contribution in [3.63, 3.8) is 0 Å². The van der Waals surface area contributed by atoms with Crippen molar-refractivity contribution in [1.82, 2.24) is 9.62 Å². The van der Waals surface area contributed by atoms with Gasteiger partial charge in [0.2, 0.25) is 10.0 Å². The minimum atomic E-state index is -3.71. The summed E-state index contributed by atoms with van der Waals surface area (Å²) >= 11 is 0. The van der Waals surface area contributed by atoms with Crippen LogP contribution in [0.2, 0.25) is 0 Å². The Morgan fingerprint density at radius 3 is 2.53 bits per heavy atom. The number of sulfonamides is 1. The smallest absolute Gasteiger partial charge is 0.254 e. The largest absolute Gasteiger partial charge is 0.335 e. The number of carbonyl (C=O) groups is 1. The van der Waals surface area contributed by atoms with E-state index in [9.17, 15) is 13.2 Å². The van der Waals surface area contributed by atoms with Crippen molar-refractivity contribution in [2.75, 3.05) is 6.54 Å². The summed E-state index contributed by atoms with van der Waals surface area (Å²) in [5.74, 6) is -0.0680. The Morgan fingerprint density at radius 1 is 1.07 bits per heavy atom. The number of hydrogen-bond acceptors (Lipinski definition) is 3. The minimum absolute atomic E-state index is 0.0680. The molecule has 1 saturated heterocycles. The summed E-state index contributed by atoms with van der Waals surface area (Å²) in [5, 5.41) is 0. The van der Waals surface area contributed by atoms with Crippen LogP contribution in [0.4, 0.5) is 0 Å². The van der Waals surface area contributed by atoms with Gasteiger partial charge in [-0.1, -0.05) is 57.2 Å². The van der Waals surface area contributed by atoms with E-state index in [0.29, 0.717) is 5.56 Å². The van der Waals surface area contributed by atoms with E-state index in [1.54, 1.807) is 12.1 Å². The summed E-state index contributed by atoms with van der Waals surface area (Å²) in [6.45, 7) is 7.77. The normalized spacial score (nSPS) is 25.3. The molecule has 0 aromatic heterocycles. The minimum Gasteiger partial charge on any atom is -0.335 e. The summed E-state index contributed by atoms with van der Waals surface area (Å²) in [5.41, 5.74) is 1.68. The van der Waals surface area contributed by atoms with E-state index in [-0.39, 0.29) is 34.2 Å². The molecule has 1 saturated carbocycles. The fourth-order valence-corrected chi connectivity index (χ4v) is 6.58. The molecule has 1 amide bonds. The van der Waals surface area contributed by atoms with Gasteiger partial charge in [0.1, 0.15) is 0 Å². The van der Waals surface area contributed by atoms with Gasteiger partial charge in [0.15, 0.2) is 0 Å². The second-order valence-electron chi connectivity index (χ2n) is 9.98. The van der Waals surface area contributed by atoms with Crippen LogP contribution in [0.15, 0.2) is 59.5 Å². The molecule has 30 heavy (non-hydrogen) atoms. The molecule has 1 aliphatic heterocycles. The van der Waals surface area contributed by atoms with Crippen LogP contribution in [0.5, 0.6) is 0 Å². The van der Waals surface area contributed by atoms with E-state index in [1.165, 1.54) is 12.1 Å². The average Bonchev–Trinajstić information content (AvgIpc) is 2.95. The van der Waals surface area contributed by atoms with Crippen molar-refractivity contribution < 1.29 is 13.2 Å². The lowest BCUT2D eigenvalue weighted by molar-refractivity contribution is 0.0708. The zero-order valence-corrected chi connectivity index (χ0v) is 18.7. The van der Waals surface area contributed by atoms with Crippen LogP contribution in [-0.2, 0) is 16.6 Å². The summed E-state index contributed by atoms with van der Waals surface area (Å²) < 4.78 is 28.2. The fraction of sp³-hybridized carbons (Fsp3) is 0.458. The zero-order valence-electron chi connectivity index (χ0n) is 17.9. The molecule has 1 N–H and O–H groups in total. The third kappa shape index (κ3) is 4.30. The number of hydrogen-bond donors (Lipinski definition) is 1. The Balaban J connectivity index is 1.52. The number of nitrogens with zero attached hydrogens (tertiary/aromatic N) is 1. The van der Waals surface area contributed by atoms with Crippen LogP contribution in [0, 0.1) is 10.8 Å². The second kappa shape index (κ2) is 7.50. The molecule has 0 unspecified atom stereocenters. The number of carbonyl (C=O) groups excluding carboxylic acids is 1. The molecule has 1 aliphatic carbocycles. The number of likely N-dealkylation sites (tertiary alicyclic amines) is 1. The number of benzene rings is 2. The third-order valence-corrected chi connectivity index (χ3v) is 7.78. The molecule has 2 aliphatic rings. The monoisotopic (exact) mass is 426 g/mol. The maximum Gasteiger partial charge on any atom is 0.254 e. The van der Waals surface area contributed by atoms with E-state index in [2.05, 4.69) is 25.5 Å². The highest BCUT2D eigenvalue weighted by molar-refractivity contribution is 7.89. The average molecular weight is 427 g/mol. The van der Waals surface area contributed by atoms with E-state index in [1.807, 2.05) is 35.2 Å². The van der Waals surface area contributed by atoms with Crippen molar-refractivity contribution in [1.29, 1.82) is 0 Å². The number of rotatable bonds is 5. The van der Waals surface area contributed by atoms with Crippen molar-refractivity contribution in [3.8, 4) is 0 Å². The number of nitrogens with one attached hydrogen (secondary N) is 1. The number of fused-ring (bicyclic) bond motifs is 2. The van der Waals surface area contributed by atoms with Crippen molar-refractivity contribution in [2.45, 2.75) is 57.5 Å². The maximum absolute atomic E-state index is 13.3. The van der Waals surface area contributed by atoms with Gasteiger partial charge in [0, 0.05) is 24.7 Å². The molecule has 2 bridgehead atoms. The molecule has 2 aromatic rings. The molecule has 2 atom stereocenters. The zero-order chi connectivity index (χ0) is 21.6. The Kier molecular flexibility index (Phi) is 5.27. The van der Waals surface area contributed by atoms with Gasteiger partial charge in [0.05, 0.1) is 4.90 Å². The Labute approximate surface area is 179 Å². The van der Waals surface area contributed by atoms with Gasteiger partial charge < -0.3 is 4.90 Å². The summed E-state index contributed by atoms with van der Waals surface area (Å²) in [7, 11) is -3.71. The molecule has 1 heterocycles. The maximum atomic E-state index is 13.3. The summed E-state index contributed by atoms with van der Waals surface area (Å²) in [6.07, 6.45) is 3.13. The van der Waals surface area contributed by atoms with Gasteiger partial charge in [-0.05, 0) is 53.9 Å². The van der Waals surface area contributed by atoms with Gasteiger partial charge in [-0.15, -0.1) is 0 Å². The lowest BCUT2D eigenvalue weighted by Gasteiger charge is -2.39. The standard InChI is InChI=1S/C24H30N2O3S/c1-23(2)13-20-14-24(3,16-23)17-26(20)22(27)19-10-7-11-21(12-19)30(28,29)25-15-18-8-5-4-6-9-18/h4-12,20,25H,13-17H2,1-3H3/t20-,24-/m1/s1. The number of amides is 1. The Morgan fingerprint density at radius 2 is 1.80 bits per heavy atom. The molecule has 6 heteroatoms. The van der Waals surface area contributed by atoms with Crippen molar-refractivity contribution >= 4 is 15.9 Å². The third-order valence-electron chi connectivity index (χ3n) is 6.38. The van der Waals surface area contributed by atoms with E-state index >= 15 is 0 Å². The lowest BCUT2D eigenvalue weighted by atomic mass is 9.65. The lowest BCUT2D eigenvalue weighted by Crippen LogP contribution is -2.37. The first-order chi connectivity index (χ1) is 14.1.